The Balaban J connectivity index is 2.26. The van der Waals surface area contributed by atoms with Gasteiger partial charge in [0, 0.05) is 5.56 Å². The van der Waals surface area contributed by atoms with Crippen molar-refractivity contribution in [2.75, 3.05) is 20.0 Å². The Labute approximate surface area is 126 Å². The van der Waals surface area contributed by atoms with Gasteiger partial charge in [0.05, 0.1) is 37.5 Å². The molecular weight excluding hydrogens is 314 g/mol. The number of hydrogen-bond acceptors (Lipinski definition) is 7. The number of benzene rings is 1. The molecule has 0 saturated carbocycles. The molecule has 118 valence electrons. The number of ether oxygens (including phenoxy) is 2. The lowest BCUT2D eigenvalue weighted by Crippen LogP contribution is -2.47. The summed E-state index contributed by atoms with van der Waals surface area (Å²) in [4.78, 5) is 24.6. The van der Waals surface area contributed by atoms with Crippen molar-refractivity contribution in [1.82, 2.24) is 4.90 Å². The number of fused-ring (bicyclic) bond motifs is 3. The van der Waals surface area contributed by atoms with Gasteiger partial charge in [0.25, 0.3) is 5.91 Å². The molecule has 22 heavy (non-hydrogen) atoms. The number of amides is 1. The van der Waals surface area contributed by atoms with E-state index in [4.69, 9.17) is 9.47 Å². The third kappa shape index (κ3) is 1.71. The number of hydrogen-bond donors (Lipinski definition) is 0. The van der Waals surface area contributed by atoms with Crippen LogP contribution in [0, 0.1) is 0 Å². The first-order chi connectivity index (χ1) is 10.3. The van der Waals surface area contributed by atoms with Gasteiger partial charge >= 0.3 is 0 Å². The number of carbonyl (C=O) groups excluding carboxylic acids is 2. The van der Waals surface area contributed by atoms with Crippen LogP contribution in [-0.4, -0.2) is 51.2 Å². The second-order valence-corrected chi connectivity index (χ2v) is 7.10. The van der Waals surface area contributed by atoms with E-state index >= 15 is 0 Å². The Hall–Kier alpha value is -2.29. The molecule has 0 N–H and O–H groups in total. The number of carbonyl (C=O) groups is 2. The van der Waals surface area contributed by atoms with E-state index in [0.29, 0.717) is 0 Å². The zero-order valence-corrected chi connectivity index (χ0v) is 12.5. The van der Waals surface area contributed by atoms with Gasteiger partial charge in [-0.3, -0.25) is 4.79 Å². The van der Waals surface area contributed by atoms with Crippen molar-refractivity contribution < 1.29 is 32.6 Å². The van der Waals surface area contributed by atoms with Gasteiger partial charge in [0.2, 0.25) is 0 Å². The smallest absolute Gasteiger partial charge is 0.260 e. The number of methoxy groups -OCH3 is 2. The van der Waals surface area contributed by atoms with E-state index in [2.05, 4.69) is 0 Å². The molecule has 3 rings (SSSR count). The summed E-state index contributed by atoms with van der Waals surface area (Å²) in [5.74, 6) is -2.62. The maximum atomic E-state index is 12.6. The number of aliphatic carboxylic acids is 1. The van der Waals surface area contributed by atoms with Gasteiger partial charge in [-0.1, -0.05) is 6.07 Å². The topological polar surface area (TPSA) is 113 Å². The molecule has 0 bridgehead atoms. The molecule has 1 aromatic carbocycles. The van der Waals surface area contributed by atoms with E-state index in [1.165, 1.54) is 26.4 Å². The van der Waals surface area contributed by atoms with Crippen molar-refractivity contribution >= 4 is 21.7 Å². The molecule has 0 unspecified atom stereocenters. The highest BCUT2D eigenvalue weighted by molar-refractivity contribution is 7.92. The highest BCUT2D eigenvalue weighted by atomic mass is 32.2. The van der Waals surface area contributed by atoms with Crippen molar-refractivity contribution in [3.63, 3.8) is 0 Å². The number of carboxylic acid groups (broad SMARTS) is 1. The quantitative estimate of drug-likeness (QED) is 0.678. The Bertz CT molecular complexity index is 786. The zero-order chi connectivity index (χ0) is 16.2. The average Bonchev–Trinajstić information content (AvgIpc) is 2.92. The van der Waals surface area contributed by atoms with Crippen LogP contribution >= 0.6 is 0 Å². The van der Waals surface area contributed by atoms with Crippen LogP contribution in [0.2, 0.25) is 0 Å². The first kappa shape index (κ1) is 14.6. The van der Waals surface area contributed by atoms with E-state index < -0.39 is 38.9 Å². The van der Waals surface area contributed by atoms with Crippen LogP contribution in [0.3, 0.4) is 0 Å². The van der Waals surface area contributed by atoms with Crippen LogP contribution in [0.25, 0.3) is 0 Å². The molecule has 0 aromatic heterocycles. The fourth-order valence-corrected chi connectivity index (χ4v) is 5.09. The second-order valence-electron chi connectivity index (χ2n) is 4.99. The zero-order valence-electron chi connectivity index (χ0n) is 11.7. The molecule has 0 aliphatic carbocycles. The second kappa shape index (κ2) is 4.60. The molecule has 1 aromatic rings. The van der Waals surface area contributed by atoms with Gasteiger partial charge in [-0.25, -0.2) is 8.42 Å². The molecular formula is C13H12NO7S-. The minimum atomic E-state index is -3.82. The maximum absolute atomic E-state index is 12.6. The van der Waals surface area contributed by atoms with Crippen LogP contribution in [-0.2, 0) is 14.6 Å². The summed E-state index contributed by atoms with van der Waals surface area (Å²) in [6.07, 6.45) is 0. The Morgan fingerprint density at radius 2 is 2.00 bits per heavy atom. The third-order valence-electron chi connectivity index (χ3n) is 3.88. The van der Waals surface area contributed by atoms with Crippen molar-refractivity contribution in [1.29, 1.82) is 0 Å². The molecule has 2 aliphatic heterocycles. The molecule has 1 saturated heterocycles. The number of carboxylic acids is 1. The molecule has 0 spiro atoms. The Morgan fingerprint density at radius 1 is 1.32 bits per heavy atom. The van der Waals surface area contributed by atoms with E-state index in [1.54, 1.807) is 0 Å². The molecule has 8 nitrogen and oxygen atoms in total. The predicted octanol–water partition coefficient (Wildman–Crippen LogP) is -1.29. The SMILES string of the molecule is COc1ccc2c(c1OC)C(=O)N1[C@@H]2S(=O)(=O)C[C@H]1C(=O)[O-]. The molecule has 1 fully saturated rings. The number of sulfone groups is 1. The fraction of sp³-hybridized carbons (Fsp3) is 0.385. The number of nitrogens with zero attached hydrogens (tertiary/aromatic N) is 1. The molecule has 2 heterocycles. The monoisotopic (exact) mass is 326 g/mol. The number of rotatable bonds is 3. The maximum Gasteiger partial charge on any atom is 0.260 e. The first-order valence-electron chi connectivity index (χ1n) is 6.33. The summed E-state index contributed by atoms with van der Waals surface area (Å²) >= 11 is 0. The summed E-state index contributed by atoms with van der Waals surface area (Å²) < 4.78 is 34.8. The van der Waals surface area contributed by atoms with Crippen LogP contribution in [0.5, 0.6) is 11.5 Å². The standard InChI is InChI=1S/C13H13NO7S/c1-20-8-4-3-6-9(10(8)21-2)11(15)14-7(13(16)17)5-22(18,19)12(6)14/h3-4,7,12H,5H2,1-2H3,(H,16,17)/p-1/t7-,12+/m0/s1. The highest BCUT2D eigenvalue weighted by Crippen LogP contribution is 2.49. The minimum absolute atomic E-state index is 0.0152. The van der Waals surface area contributed by atoms with Gasteiger partial charge in [-0.2, -0.15) is 0 Å². The van der Waals surface area contributed by atoms with E-state index in [9.17, 15) is 23.1 Å². The summed E-state index contributed by atoms with van der Waals surface area (Å²) in [5, 5.41) is 9.86. The molecule has 2 aliphatic rings. The van der Waals surface area contributed by atoms with Crippen molar-refractivity contribution in [3.8, 4) is 11.5 Å². The van der Waals surface area contributed by atoms with E-state index in [-0.39, 0.29) is 22.6 Å². The highest BCUT2D eigenvalue weighted by Gasteiger charge is 2.55. The largest absolute Gasteiger partial charge is 0.548 e. The predicted molar refractivity (Wildman–Crippen MR) is 71.0 cm³/mol. The molecule has 2 atom stereocenters. The van der Waals surface area contributed by atoms with Crippen molar-refractivity contribution in [2.24, 2.45) is 0 Å². The van der Waals surface area contributed by atoms with Gasteiger partial charge in [-0.15, -0.1) is 0 Å². The molecule has 1 amide bonds. The lowest BCUT2D eigenvalue weighted by atomic mass is 10.1. The van der Waals surface area contributed by atoms with Gasteiger partial charge < -0.3 is 24.3 Å². The summed E-state index contributed by atoms with van der Waals surface area (Å²) in [6.45, 7) is 0. The van der Waals surface area contributed by atoms with Crippen LogP contribution in [0.1, 0.15) is 21.3 Å². The van der Waals surface area contributed by atoms with Gasteiger partial charge in [0.1, 0.15) is 0 Å². The van der Waals surface area contributed by atoms with Gasteiger partial charge in [-0.05, 0) is 6.07 Å². The van der Waals surface area contributed by atoms with Crippen molar-refractivity contribution in [2.45, 2.75) is 11.4 Å². The normalized spacial score (nSPS) is 24.8. The molecule has 9 heteroatoms. The Kier molecular flexibility index (Phi) is 3.06. The lowest BCUT2D eigenvalue weighted by Gasteiger charge is -2.22. The van der Waals surface area contributed by atoms with Crippen molar-refractivity contribution in [3.05, 3.63) is 23.3 Å². The van der Waals surface area contributed by atoms with E-state index in [0.717, 1.165) is 4.90 Å². The lowest BCUT2D eigenvalue weighted by molar-refractivity contribution is -0.309. The fourth-order valence-electron chi connectivity index (χ4n) is 3.00. The Morgan fingerprint density at radius 3 is 2.55 bits per heavy atom. The van der Waals surface area contributed by atoms with Crippen LogP contribution in [0.4, 0.5) is 0 Å². The molecule has 0 radical (unpaired) electrons. The summed E-state index contributed by atoms with van der Waals surface area (Å²) in [6, 6.07) is 1.41. The summed E-state index contributed by atoms with van der Waals surface area (Å²) in [5.41, 5.74) is 0.216. The van der Waals surface area contributed by atoms with Crippen LogP contribution in [0.15, 0.2) is 12.1 Å². The third-order valence-corrected chi connectivity index (χ3v) is 5.82. The van der Waals surface area contributed by atoms with Crippen LogP contribution < -0.4 is 14.6 Å². The first-order valence-corrected chi connectivity index (χ1v) is 8.05. The average molecular weight is 326 g/mol. The summed E-state index contributed by atoms with van der Waals surface area (Å²) in [7, 11) is -1.12. The minimum Gasteiger partial charge on any atom is -0.548 e. The van der Waals surface area contributed by atoms with E-state index in [1.807, 2.05) is 0 Å². The van der Waals surface area contributed by atoms with Gasteiger partial charge in [0.15, 0.2) is 26.7 Å².